The normalized spacial score (nSPS) is 10.3. The summed E-state index contributed by atoms with van der Waals surface area (Å²) in [6.45, 7) is 1.72. The third-order valence-corrected chi connectivity index (χ3v) is 2.69. The molecule has 2 aromatic rings. The van der Waals surface area contributed by atoms with E-state index < -0.39 is 22.2 Å². The second-order valence-corrected chi connectivity index (χ2v) is 4.27. The molecule has 0 fully saturated rings. The maximum atomic E-state index is 13.4. The summed E-state index contributed by atoms with van der Waals surface area (Å²) < 4.78 is 32.1. The zero-order chi connectivity index (χ0) is 14.7. The number of nitro benzene ring substituents is 1. The minimum atomic E-state index is -0.944. The van der Waals surface area contributed by atoms with Gasteiger partial charge in [0.1, 0.15) is 6.61 Å². The number of nitrogens with zero attached hydrogens (tertiary/aromatic N) is 1. The van der Waals surface area contributed by atoms with E-state index in [2.05, 4.69) is 0 Å². The van der Waals surface area contributed by atoms with Crippen LogP contribution in [0.15, 0.2) is 36.4 Å². The predicted octanol–water partition coefficient (Wildman–Crippen LogP) is 3.76. The number of hydrogen-bond acceptors (Lipinski definition) is 3. The Bertz CT molecular complexity index is 659. The summed E-state index contributed by atoms with van der Waals surface area (Å²) in [4.78, 5) is 9.67. The van der Waals surface area contributed by atoms with Crippen LogP contribution < -0.4 is 4.74 Å². The fraction of sp³-hybridized carbons (Fsp3) is 0.143. The van der Waals surface area contributed by atoms with Crippen molar-refractivity contribution in [2.45, 2.75) is 13.5 Å². The molecule has 104 valence electrons. The summed E-state index contributed by atoms with van der Waals surface area (Å²) in [6, 6.07) is 7.84. The third-order valence-electron chi connectivity index (χ3n) is 2.69. The Kier molecular flexibility index (Phi) is 3.93. The standard InChI is InChI=1S/C14H11F2NO3/c1-9-2-4-11(15)14(6-9)20-8-10-3-5-13(17(18)19)12(16)7-10/h2-7H,8H2,1H3. The van der Waals surface area contributed by atoms with E-state index in [0.29, 0.717) is 5.56 Å². The summed E-state index contributed by atoms with van der Waals surface area (Å²) in [6.07, 6.45) is 0. The van der Waals surface area contributed by atoms with Crippen LogP contribution in [0, 0.1) is 28.7 Å². The SMILES string of the molecule is Cc1ccc(F)c(OCc2ccc([N+](=O)[O-])c(F)c2)c1. The lowest BCUT2D eigenvalue weighted by atomic mass is 10.2. The number of hydrogen-bond donors (Lipinski definition) is 0. The van der Waals surface area contributed by atoms with Gasteiger partial charge in [0.2, 0.25) is 5.82 Å². The second-order valence-electron chi connectivity index (χ2n) is 4.27. The maximum absolute atomic E-state index is 13.4. The van der Waals surface area contributed by atoms with Crippen molar-refractivity contribution in [2.75, 3.05) is 0 Å². The molecule has 0 atom stereocenters. The summed E-state index contributed by atoms with van der Waals surface area (Å²) in [5, 5.41) is 10.5. The minimum absolute atomic E-state index is 0.0590. The first-order valence-corrected chi connectivity index (χ1v) is 5.79. The highest BCUT2D eigenvalue weighted by Crippen LogP contribution is 2.22. The lowest BCUT2D eigenvalue weighted by Gasteiger charge is -2.08. The summed E-state index contributed by atoms with van der Waals surface area (Å²) in [5.74, 6) is -1.40. The van der Waals surface area contributed by atoms with Crippen molar-refractivity contribution >= 4 is 5.69 Å². The topological polar surface area (TPSA) is 52.4 Å². The molecule has 0 radical (unpaired) electrons. The Labute approximate surface area is 113 Å². The average molecular weight is 279 g/mol. The fourth-order valence-electron chi connectivity index (χ4n) is 1.67. The van der Waals surface area contributed by atoms with Crippen LogP contribution >= 0.6 is 0 Å². The molecule has 0 N–H and O–H groups in total. The van der Waals surface area contributed by atoms with Crippen LogP contribution in [-0.4, -0.2) is 4.92 Å². The molecule has 0 aliphatic heterocycles. The fourth-order valence-corrected chi connectivity index (χ4v) is 1.67. The van der Waals surface area contributed by atoms with Crippen molar-refractivity contribution in [3.05, 3.63) is 69.3 Å². The van der Waals surface area contributed by atoms with E-state index in [1.54, 1.807) is 13.0 Å². The van der Waals surface area contributed by atoms with Gasteiger partial charge in [0.05, 0.1) is 4.92 Å². The van der Waals surface area contributed by atoms with Crippen molar-refractivity contribution in [1.29, 1.82) is 0 Å². The van der Waals surface area contributed by atoms with Crippen molar-refractivity contribution < 1.29 is 18.4 Å². The molecule has 0 aromatic heterocycles. The number of halogens is 2. The van der Waals surface area contributed by atoms with Gasteiger partial charge >= 0.3 is 5.69 Å². The Morgan fingerprint density at radius 3 is 2.55 bits per heavy atom. The molecule has 2 rings (SSSR count). The molecular weight excluding hydrogens is 268 g/mol. The molecule has 4 nitrogen and oxygen atoms in total. The van der Waals surface area contributed by atoms with Crippen LogP contribution in [0.1, 0.15) is 11.1 Å². The first-order valence-electron chi connectivity index (χ1n) is 5.79. The summed E-state index contributed by atoms with van der Waals surface area (Å²) >= 11 is 0. The number of rotatable bonds is 4. The largest absolute Gasteiger partial charge is 0.486 e. The van der Waals surface area contributed by atoms with Gasteiger partial charge in [-0.15, -0.1) is 0 Å². The Morgan fingerprint density at radius 1 is 1.15 bits per heavy atom. The number of benzene rings is 2. The van der Waals surface area contributed by atoms with Crippen LogP contribution in [0.3, 0.4) is 0 Å². The molecule has 0 saturated carbocycles. The van der Waals surface area contributed by atoms with Gasteiger partial charge in [0.25, 0.3) is 0 Å². The van der Waals surface area contributed by atoms with E-state index in [0.717, 1.165) is 17.7 Å². The molecule has 0 saturated heterocycles. The highest BCUT2D eigenvalue weighted by Gasteiger charge is 2.14. The van der Waals surface area contributed by atoms with E-state index in [4.69, 9.17) is 4.74 Å². The predicted molar refractivity (Wildman–Crippen MR) is 68.5 cm³/mol. The van der Waals surface area contributed by atoms with E-state index in [1.807, 2.05) is 0 Å². The Hall–Kier alpha value is -2.50. The van der Waals surface area contributed by atoms with Gasteiger partial charge < -0.3 is 4.74 Å². The molecule has 0 aliphatic rings. The minimum Gasteiger partial charge on any atom is -0.486 e. The van der Waals surface area contributed by atoms with Gasteiger partial charge in [-0.1, -0.05) is 6.07 Å². The van der Waals surface area contributed by atoms with Gasteiger partial charge in [-0.2, -0.15) is 4.39 Å². The number of ether oxygens (including phenoxy) is 1. The van der Waals surface area contributed by atoms with Crippen LogP contribution in [-0.2, 0) is 6.61 Å². The van der Waals surface area contributed by atoms with Gasteiger partial charge in [-0.3, -0.25) is 10.1 Å². The van der Waals surface area contributed by atoms with Crippen molar-refractivity contribution in [3.8, 4) is 5.75 Å². The molecule has 0 spiro atoms. The maximum Gasteiger partial charge on any atom is 0.304 e. The molecule has 0 heterocycles. The third kappa shape index (κ3) is 3.09. The zero-order valence-electron chi connectivity index (χ0n) is 10.6. The number of aryl methyl sites for hydroxylation is 1. The Morgan fingerprint density at radius 2 is 1.90 bits per heavy atom. The van der Waals surface area contributed by atoms with Crippen LogP contribution in [0.4, 0.5) is 14.5 Å². The lowest BCUT2D eigenvalue weighted by Crippen LogP contribution is -2.00. The van der Waals surface area contributed by atoms with E-state index in [9.17, 15) is 18.9 Å². The molecule has 0 aliphatic carbocycles. The van der Waals surface area contributed by atoms with Crippen LogP contribution in [0.2, 0.25) is 0 Å². The highest BCUT2D eigenvalue weighted by atomic mass is 19.1. The molecule has 2 aromatic carbocycles. The average Bonchev–Trinajstić information content (AvgIpc) is 2.39. The smallest absolute Gasteiger partial charge is 0.304 e. The molecule has 0 bridgehead atoms. The molecule has 6 heteroatoms. The van der Waals surface area contributed by atoms with Crippen molar-refractivity contribution in [1.82, 2.24) is 0 Å². The number of nitro groups is 1. The first-order chi connectivity index (χ1) is 9.47. The van der Waals surface area contributed by atoms with Gasteiger partial charge in [-0.25, -0.2) is 4.39 Å². The van der Waals surface area contributed by atoms with Crippen molar-refractivity contribution in [2.24, 2.45) is 0 Å². The molecular formula is C14H11F2NO3. The quantitative estimate of drug-likeness (QED) is 0.632. The molecule has 20 heavy (non-hydrogen) atoms. The van der Waals surface area contributed by atoms with Gasteiger partial charge in [0.15, 0.2) is 11.6 Å². The first kappa shape index (κ1) is 13.9. The Balaban J connectivity index is 2.13. The monoisotopic (exact) mass is 279 g/mol. The lowest BCUT2D eigenvalue weighted by molar-refractivity contribution is -0.387. The van der Waals surface area contributed by atoms with Crippen molar-refractivity contribution in [3.63, 3.8) is 0 Å². The van der Waals surface area contributed by atoms with Crippen LogP contribution in [0.5, 0.6) is 5.75 Å². The molecule has 0 amide bonds. The van der Waals surface area contributed by atoms with E-state index in [1.165, 1.54) is 18.2 Å². The summed E-state index contributed by atoms with van der Waals surface area (Å²) in [5.41, 5.74) is 0.612. The van der Waals surface area contributed by atoms with Crippen LogP contribution in [0.25, 0.3) is 0 Å². The van der Waals surface area contributed by atoms with E-state index in [-0.39, 0.29) is 12.4 Å². The highest BCUT2D eigenvalue weighted by molar-refractivity contribution is 5.35. The zero-order valence-corrected chi connectivity index (χ0v) is 10.6. The second kappa shape index (κ2) is 5.64. The van der Waals surface area contributed by atoms with Gasteiger partial charge in [-0.05, 0) is 42.3 Å². The molecule has 0 unspecified atom stereocenters. The summed E-state index contributed by atoms with van der Waals surface area (Å²) in [7, 11) is 0. The van der Waals surface area contributed by atoms with E-state index >= 15 is 0 Å². The van der Waals surface area contributed by atoms with Gasteiger partial charge in [0, 0.05) is 6.07 Å².